The molecule has 1 unspecified atom stereocenters. The van der Waals surface area contributed by atoms with Gasteiger partial charge in [-0.2, -0.15) is 0 Å². The van der Waals surface area contributed by atoms with Gasteiger partial charge in [-0.25, -0.2) is 0 Å². The van der Waals surface area contributed by atoms with Crippen LogP contribution in [0.15, 0.2) is 27.6 Å². The van der Waals surface area contributed by atoms with E-state index in [4.69, 9.17) is 5.73 Å². The standard InChI is InChI=1S/C13H20BrNS/c1-4-11(15)7-10-5-6-13(12(14)8-10)16-9(2)3/h5-6,8-9,11H,4,7,15H2,1-3H3. The minimum absolute atomic E-state index is 0.274. The second-order valence-electron chi connectivity index (χ2n) is 4.30. The van der Waals surface area contributed by atoms with E-state index >= 15 is 0 Å². The fourth-order valence-corrected chi connectivity index (χ4v) is 3.00. The Kier molecular flexibility index (Phi) is 5.87. The van der Waals surface area contributed by atoms with Gasteiger partial charge in [0.05, 0.1) is 0 Å². The molecular formula is C13H20BrNS. The van der Waals surface area contributed by atoms with E-state index in [0.717, 1.165) is 12.8 Å². The Hall–Kier alpha value is 0.01000. The van der Waals surface area contributed by atoms with Gasteiger partial charge >= 0.3 is 0 Å². The Labute approximate surface area is 111 Å². The van der Waals surface area contributed by atoms with Gasteiger partial charge in [-0.1, -0.05) is 26.8 Å². The molecule has 0 aliphatic rings. The average molecular weight is 302 g/mol. The summed E-state index contributed by atoms with van der Waals surface area (Å²) < 4.78 is 1.19. The van der Waals surface area contributed by atoms with Crippen LogP contribution in [0.2, 0.25) is 0 Å². The van der Waals surface area contributed by atoms with Crippen molar-refractivity contribution in [1.29, 1.82) is 0 Å². The Bertz CT molecular complexity index is 339. The highest BCUT2D eigenvalue weighted by atomic mass is 79.9. The maximum absolute atomic E-state index is 5.95. The van der Waals surface area contributed by atoms with Gasteiger partial charge < -0.3 is 5.73 Å². The van der Waals surface area contributed by atoms with Gasteiger partial charge in [0, 0.05) is 20.7 Å². The van der Waals surface area contributed by atoms with E-state index in [2.05, 4.69) is 54.9 Å². The van der Waals surface area contributed by atoms with Crippen molar-refractivity contribution in [3.05, 3.63) is 28.2 Å². The number of thioether (sulfide) groups is 1. The van der Waals surface area contributed by atoms with Crippen molar-refractivity contribution in [3.8, 4) is 0 Å². The van der Waals surface area contributed by atoms with Crippen molar-refractivity contribution in [3.63, 3.8) is 0 Å². The minimum atomic E-state index is 0.274. The maximum Gasteiger partial charge on any atom is 0.0314 e. The van der Waals surface area contributed by atoms with Gasteiger partial charge in [0.25, 0.3) is 0 Å². The quantitative estimate of drug-likeness (QED) is 0.824. The number of benzene rings is 1. The molecule has 0 aliphatic heterocycles. The Morgan fingerprint density at radius 1 is 1.38 bits per heavy atom. The molecule has 0 spiro atoms. The fraction of sp³-hybridized carbons (Fsp3) is 0.538. The summed E-state index contributed by atoms with van der Waals surface area (Å²) >= 11 is 5.51. The monoisotopic (exact) mass is 301 g/mol. The van der Waals surface area contributed by atoms with Crippen LogP contribution < -0.4 is 5.73 Å². The molecule has 1 nitrogen and oxygen atoms in total. The molecule has 0 saturated carbocycles. The molecule has 0 bridgehead atoms. The predicted octanol–water partition coefficient (Wildman–Crippen LogP) is 4.23. The van der Waals surface area contributed by atoms with Gasteiger partial charge in [-0.05, 0) is 46.5 Å². The van der Waals surface area contributed by atoms with Crippen LogP contribution in [-0.4, -0.2) is 11.3 Å². The number of hydrogen-bond donors (Lipinski definition) is 1. The second kappa shape index (κ2) is 6.67. The summed E-state index contributed by atoms with van der Waals surface area (Å²) in [5.41, 5.74) is 7.27. The first-order valence-electron chi connectivity index (χ1n) is 5.73. The zero-order valence-corrected chi connectivity index (χ0v) is 12.6. The molecule has 0 amide bonds. The molecule has 0 aliphatic carbocycles. The lowest BCUT2D eigenvalue weighted by Crippen LogP contribution is -2.21. The van der Waals surface area contributed by atoms with E-state index in [1.54, 1.807) is 0 Å². The average Bonchev–Trinajstić information content (AvgIpc) is 2.21. The van der Waals surface area contributed by atoms with Gasteiger partial charge in [-0.3, -0.25) is 0 Å². The van der Waals surface area contributed by atoms with Gasteiger partial charge in [0.2, 0.25) is 0 Å². The number of nitrogens with two attached hydrogens (primary N) is 1. The molecule has 0 fully saturated rings. The first-order chi connectivity index (χ1) is 7.52. The molecule has 1 aromatic carbocycles. The number of halogens is 1. The first-order valence-corrected chi connectivity index (χ1v) is 7.40. The summed E-state index contributed by atoms with van der Waals surface area (Å²) in [7, 11) is 0. The fourth-order valence-electron chi connectivity index (χ4n) is 1.47. The van der Waals surface area contributed by atoms with E-state index in [0.29, 0.717) is 5.25 Å². The third-order valence-corrected chi connectivity index (χ3v) is 4.38. The highest BCUT2D eigenvalue weighted by molar-refractivity contribution is 9.10. The van der Waals surface area contributed by atoms with Crippen molar-refractivity contribution < 1.29 is 0 Å². The third-order valence-electron chi connectivity index (χ3n) is 2.38. The molecular weight excluding hydrogens is 282 g/mol. The van der Waals surface area contributed by atoms with Crippen LogP contribution in [-0.2, 0) is 6.42 Å². The zero-order valence-electron chi connectivity index (χ0n) is 10.2. The number of hydrogen-bond acceptors (Lipinski definition) is 2. The van der Waals surface area contributed by atoms with Gasteiger partial charge in [0.15, 0.2) is 0 Å². The number of rotatable bonds is 5. The van der Waals surface area contributed by atoms with Crippen LogP contribution in [0.3, 0.4) is 0 Å². The molecule has 1 rings (SSSR count). The predicted molar refractivity (Wildman–Crippen MR) is 77.1 cm³/mol. The summed E-state index contributed by atoms with van der Waals surface area (Å²) in [4.78, 5) is 1.31. The van der Waals surface area contributed by atoms with Crippen molar-refractivity contribution in [2.24, 2.45) is 5.73 Å². The largest absolute Gasteiger partial charge is 0.327 e. The lowest BCUT2D eigenvalue weighted by molar-refractivity contribution is 0.646. The first kappa shape index (κ1) is 14.1. The van der Waals surface area contributed by atoms with E-state index < -0.39 is 0 Å². The summed E-state index contributed by atoms with van der Waals surface area (Å²) in [5.74, 6) is 0. The van der Waals surface area contributed by atoms with Crippen molar-refractivity contribution in [1.82, 2.24) is 0 Å². The van der Waals surface area contributed by atoms with Crippen molar-refractivity contribution in [2.45, 2.75) is 49.8 Å². The zero-order chi connectivity index (χ0) is 12.1. The van der Waals surface area contributed by atoms with E-state index in [-0.39, 0.29) is 6.04 Å². The van der Waals surface area contributed by atoms with Crippen LogP contribution >= 0.6 is 27.7 Å². The molecule has 1 atom stereocenters. The molecule has 16 heavy (non-hydrogen) atoms. The Morgan fingerprint density at radius 2 is 2.06 bits per heavy atom. The molecule has 1 aromatic rings. The SMILES string of the molecule is CCC(N)Cc1ccc(SC(C)C)c(Br)c1. The van der Waals surface area contributed by atoms with Crippen molar-refractivity contribution >= 4 is 27.7 Å². The molecule has 2 N–H and O–H groups in total. The highest BCUT2D eigenvalue weighted by Crippen LogP contribution is 2.31. The second-order valence-corrected chi connectivity index (χ2v) is 6.78. The molecule has 0 aromatic heterocycles. The van der Waals surface area contributed by atoms with Crippen molar-refractivity contribution in [2.75, 3.05) is 0 Å². The van der Waals surface area contributed by atoms with Crippen LogP contribution in [0.25, 0.3) is 0 Å². The van der Waals surface area contributed by atoms with Gasteiger partial charge in [-0.15, -0.1) is 11.8 Å². The van der Waals surface area contributed by atoms with Crippen LogP contribution in [0.5, 0.6) is 0 Å². The Balaban J connectivity index is 2.74. The maximum atomic E-state index is 5.95. The third kappa shape index (κ3) is 4.48. The van der Waals surface area contributed by atoms with Gasteiger partial charge in [0.1, 0.15) is 0 Å². The highest BCUT2D eigenvalue weighted by Gasteiger charge is 2.06. The topological polar surface area (TPSA) is 26.0 Å². The molecule has 0 saturated heterocycles. The summed E-state index contributed by atoms with van der Waals surface area (Å²) in [5, 5.41) is 0.611. The normalized spacial score (nSPS) is 13.1. The van der Waals surface area contributed by atoms with E-state index in [1.807, 2.05) is 11.8 Å². The van der Waals surface area contributed by atoms with Crippen LogP contribution in [0.4, 0.5) is 0 Å². The van der Waals surface area contributed by atoms with E-state index in [1.165, 1.54) is 14.9 Å². The minimum Gasteiger partial charge on any atom is -0.327 e. The summed E-state index contributed by atoms with van der Waals surface area (Å²) in [6.07, 6.45) is 1.99. The van der Waals surface area contributed by atoms with E-state index in [9.17, 15) is 0 Å². The summed E-state index contributed by atoms with van der Waals surface area (Å²) in [6, 6.07) is 6.84. The lowest BCUT2D eigenvalue weighted by Gasteiger charge is -2.12. The van der Waals surface area contributed by atoms with Crippen LogP contribution in [0.1, 0.15) is 32.8 Å². The molecule has 90 valence electrons. The molecule has 0 radical (unpaired) electrons. The molecule has 0 heterocycles. The Morgan fingerprint density at radius 3 is 2.56 bits per heavy atom. The molecule has 3 heteroatoms. The lowest BCUT2D eigenvalue weighted by atomic mass is 10.1. The van der Waals surface area contributed by atoms with Crippen LogP contribution in [0, 0.1) is 0 Å². The smallest absolute Gasteiger partial charge is 0.0314 e. The summed E-state index contributed by atoms with van der Waals surface area (Å²) in [6.45, 7) is 6.54.